The molecule has 1 fully saturated rings. The number of amides is 1. The molecule has 5 heteroatoms. The number of aliphatic carboxylic acids is 1. The zero-order valence-electron chi connectivity index (χ0n) is 14.4. The van der Waals surface area contributed by atoms with Crippen molar-refractivity contribution in [1.82, 2.24) is 4.90 Å². The van der Waals surface area contributed by atoms with Gasteiger partial charge in [0.2, 0.25) is 0 Å². The number of rotatable bonds is 4. The number of benzene rings is 2. The van der Waals surface area contributed by atoms with Gasteiger partial charge in [-0.2, -0.15) is 0 Å². The smallest absolute Gasteiger partial charge is 0.313 e. The van der Waals surface area contributed by atoms with Gasteiger partial charge < -0.3 is 14.7 Å². The number of ether oxygens (including phenoxy) is 1. The number of carbonyl (C=O) groups is 2. The lowest BCUT2D eigenvalue weighted by Gasteiger charge is -2.41. The molecule has 0 aliphatic carbocycles. The van der Waals surface area contributed by atoms with Gasteiger partial charge in [-0.25, -0.2) is 0 Å². The molecule has 4 rings (SSSR count). The second-order valence-corrected chi connectivity index (χ2v) is 6.85. The van der Waals surface area contributed by atoms with E-state index < -0.39 is 17.9 Å². The van der Waals surface area contributed by atoms with Gasteiger partial charge >= 0.3 is 5.97 Å². The van der Waals surface area contributed by atoms with Crippen molar-refractivity contribution in [2.24, 2.45) is 0 Å². The van der Waals surface area contributed by atoms with Crippen molar-refractivity contribution in [3.63, 3.8) is 0 Å². The van der Waals surface area contributed by atoms with Crippen molar-refractivity contribution in [1.29, 1.82) is 0 Å². The molecular formula is C21H21NO4. The maximum absolute atomic E-state index is 13.2. The van der Waals surface area contributed by atoms with E-state index in [2.05, 4.69) is 0 Å². The zero-order valence-corrected chi connectivity index (χ0v) is 14.4. The zero-order chi connectivity index (χ0) is 18.1. The van der Waals surface area contributed by atoms with Crippen molar-refractivity contribution < 1.29 is 19.4 Å². The molecule has 2 aromatic rings. The van der Waals surface area contributed by atoms with Gasteiger partial charge in [-0.05, 0) is 30.0 Å². The van der Waals surface area contributed by atoms with Crippen LogP contribution in [0.15, 0.2) is 54.6 Å². The van der Waals surface area contributed by atoms with Gasteiger partial charge in [0.25, 0.3) is 5.91 Å². The summed E-state index contributed by atoms with van der Waals surface area (Å²) in [6, 6.07) is 15.9. The van der Waals surface area contributed by atoms with Gasteiger partial charge in [0, 0.05) is 18.7 Å². The van der Waals surface area contributed by atoms with Gasteiger partial charge in [-0.15, -0.1) is 0 Å². The molecule has 0 unspecified atom stereocenters. The lowest BCUT2D eigenvalue weighted by Crippen LogP contribution is -2.47. The Morgan fingerprint density at radius 3 is 2.54 bits per heavy atom. The van der Waals surface area contributed by atoms with E-state index in [0.29, 0.717) is 24.3 Å². The summed E-state index contributed by atoms with van der Waals surface area (Å²) in [5.74, 6) is -1.84. The summed E-state index contributed by atoms with van der Waals surface area (Å²) >= 11 is 0. The van der Waals surface area contributed by atoms with Gasteiger partial charge in [0.15, 0.2) is 0 Å². The summed E-state index contributed by atoms with van der Waals surface area (Å²) < 4.78 is 5.73. The molecule has 26 heavy (non-hydrogen) atoms. The van der Waals surface area contributed by atoms with E-state index in [1.807, 2.05) is 30.3 Å². The highest BCUT2D eigenvalue weighted by Gasteiger charge is 2.45. The molecular weight excluding hydrogens is 330 g/mol. The van der Waals surface area contributed by atoms with E-state index in [1.54, 1.807) is 29.2 Å². The maximum atomic E-state index is 13.2. The second kappa shape index (κ2) is 6.92. The molecule has 0 aromatic heterocycles. The molecule has 2 aliphatic heterocycles. The van der Waals surface area contributed by atoms with Crippen LogP contribution in [-0.4, -0.2) is 41.1 Å². The first-order chi connectivity index (χ1) is 12.7. The van der Waals surface area contributed by atoms with E-state index >= 15 is 0 Å². The average Bonchev–Trinajstić information content (AvgIpc) is 3.17. The lowest BCUT2D eigenvalue weighted by molar-refractivity contribution is -0.140. The molecule has 1 saturated heterocycles. The molecule has 134 valence electrons. The van der Waals surface area contributed by atoms with Crippen LogP contribution in [0.4, 0.5) is 0 Å². The molecule has 5 nitrogen and oxygen atoms in total. The number of carbonyl (C=O) groups excluding carboxylic acids is 1. The van der Waals surface area contributed by atoms with Crippen molar-refractivity contribution in [2.75, 3.05) is 13.2 Å². The number of carboxylic acids is 1. The summed E-state index contributed by atoms with van der Waals surface area (Å²) in [6.45, 7) is 1.11. The van der Waals surface area contributed by atoms with Crippen molar-refractivity contribution in [3.05, 3.63) is 71.3 Å². The van der Waals surface area contributed by atoms with E-state index in [0.717, 1.165) is 18.4 Å². The molecule has 3 atom stereocenters. The van der Waals surface area contributed by atoms with Crippen LogP contribution in [0, 0.1) is 0 Å². The molecule has 1 amide bonds. The summed E-state index contributed by atoms with van der Waals surface area (Å²) in [4.78, 5) is 27.2. The van der Waals surface area contributed by atoms with Crippen molar-refractivity contribution in [3.8, 4) is 0 Å². The first-order valence-electron chi connectivity index (χ1n) is 8.96. The second-order valence-electron chi connectivity index (χ2n) is 6.85. The first kappa shape index (κ1) is 16.8. The van der Waals surface area contributed by atoms with Gasteiger partial charge in [0.1, 0.15) is 5.92 Å². The SMILES string of the molecule is O=C(O)[C@@H]1c2ccccc2C(=O)N(C[C@@H]2CCCO2)[C@H]1c1ccccc1. The van der Waals surface area contributed by atoms with Crippen molar-refractivity contribution in [2.45, 2.75) is 30.9 Å². The fourth-order valence-electron chi connectivity index (χ4n) is 4.09. The van der Waals surface area contributed by atoms with Crippen molar-refractivity contribution >= 4 is 11.9 Å². The largest absolute Gasteiger partial charge is 0.481 e. The highest BCUT2D eigenvalue weighted by molar-refractivity contribution is 6.00. The van der Waals surface area contributed by atoms with Crippen LogP contribution in [0.25, 0.3) is 0 Å². The number of fused-ring (bicyclic) bond motifs is 1. The number of hydrogen-bond donors (Lipinski definition) is 1. The van der Waals surface area contributed by atoms with Crippen LogP contribution in [0.5, 0.6) is 0 Å². The Hall–Kier alpha value is -2.66. The topological polar surface area (TPSA) is 66.8 Å². The Bertz CT molecular complexity index is 814. The van der Waals surface area contributed by atoms with E-state index in [9.17, 15) is 14.7 Å². The Morgan fingerprint density at radius 2 is 1.85 bits per heavy atom. The molecule has 1 N–H and O–H groups in total. The van der Waals surface area contributed by atoms with E-state index in [-0.39, 0.29) is 12.0 Å². The standard InChI is InChI=1S/C21H21NO4/c23-20-17-11-5-4-10-16(17)18(21(24)25)19(14-7-2-1-3-8-14)22(20)13-15-9-6-12-26-15/h1-5,7-8,10-11,15,18-19H,6,9,12-13H2,(H,24,25)/t15-,18+,19-/m0/s1. The minimum absolute atomic E-state index is 0.0372. The monoisotopic (exact) mass is 351 g/mol. The molecule has 0 saturated carbocycles. The normalized spacial score (nSPS) is 25.2. The van der Waals surface area contributed by atoms with Crippen LogP contribution in [-0.2, 0) is 9.53 Å². The van der Waals surface area contributed by atoms with Gasteiger partial charge in [-0.3, -0.25) is 9.59 Å². The summed E-state index contributed by atoms with van der Waals surface area (Å²) in [7, 11) is 0. The molecule has 0 spiro atoms. The maximum Gasteiger partial charge on any atom is 0.313 e. The minimum Gasteiger partial charge on any atom is -0.481 e. The molecule has 0 bridgehead atoms. The number of nitrogens with zero attached hydrogens (tertiary/aromatic N) is 1. The van der Waals surface area contributed by atoms with Crippen LogP contribution >= 0.6 is 0 Å². The highest BCUT2D eigenvalue weighted by Crippen LogP contribution is 2.43. The average molecular weight is 351 g/mol. The molecule has 0 radical (unpaired) electrons. The Labute approximate surface area is 152 Å². The first-order valence-corrected chi connectivity index (χ1v) is 8.96. The van der Waals surface area contributed by atoms with Gasteiger partial charge in [0.05, 0.1) is 12.1 Å². The summed E-state index contributed by atoms with van der Waals surface area (Å²) in [5.41, 5.74) is 1.90. The molecule has 2 aliphatic rings. The Balaban J connectivity index is 1.83. The number of hydrogen-bond acceptors (Lipinski definition) is 3. The predicted octanol–water partition coefficient (Wildman–Crippen LogP) is 3.23. The quantitative estimate of drug-likeness (QED) is 0.918. The van der Waals surface area contributed by atoms with E-state index in [1.165, 1.54) is 0 Å². The molecule has 2 heterocycles. The highest BCUT2D eigenvalue weighted by atomic mass is 16.5. The van der Waals surface area contributed by atoms with Crippen LogP contribution in [0.1, 0.15) is 46.3 Å². The third-order valence-corrected chi connectivity index (χ3v) is 5.27. The Kier molecular flexibility index (Phi) is 4.47. The minimum atomic E-state index is -0.920. The number of carboxylic acid groups (broad SMARTS) is 1. The third-order valence-electron chi connectivity index (χ3n) is 5.27. The third kappa shape index (κ3) is 2.88. The summed E-state index contributed by atoms with van der Waals surface area (Å²) in [5, 5.41) is 10.0. The van der Waals surface area contributed by atoms with E-state index in [4.69, 9.17) is 4.74 Å². The van der Waals surface area contributed by atoms with Gasteiger partial charge in [-0.1, -0.05) is 48.5 Å². The fourth-order valence-corrected chi connectivity index (χ4v) is 4.09. The van der Waals surface area contributed by atoms with Crippen LogP contribution < -0.4 is 0 Å². The molecule has 2 aromatic carbocycles. The van der Waals surface area contributed by atoms with Crippen LogP contribution in [0.2, 0.25) is 0 Å². The predicted molar refractivity (Wildman–Crippen MR) is 96.0 cm³/mol. The van der Waals surface area contributed by atoms with Crippen LogP contribution in [0.3, 0.4) is 0 Å². The lowest BCUT2D eigenvalue weighted by atomic mass is 9.79. The Morgan fingerprint density at radius 1 is 1.12 bits per heavy atom. The fraction of sp³-hybridized carbons (Fsp3) is 0.333. The summed E-state index contributed by atoms with van der Waals surface area (Å²) in [6.07, 6.45) is 1.83.